The summed E-state index contributed by atoms with van der Waals surface area (Å²) in [7, 11) is 3.07. The topological polar surface area (TPSA) is 99.4 Å². The van der Waals surface area contributed by atoms with Gasteiger partial charge in [0.05, 0.1) is 41.1 Å². The molecule has 1 aliphatic rings. The first-order valence-corrected chi connectivity index (χ1v) is 12.3. The van der Waals surface area contributed by atoms with Crippen molar-refractivity contribution >= 4 is 39.3 Å². The standard InChI is InChI=1S/C25H23BrN2O6S/c1-5-34-24(31)21-13(2)27-25-28(22(21)16-12-15(32-3)7-9-19(16)33-4)23(30)20(35-25)11-14-6-8-18(29)17(26)10-14/h6-12,22,29H,5H2,1-4H3/b20-11-. The molecule has 0 amide bonds. The Labute approximate surface area is 213 Å². The molecule has 0 aliphatic carbocycles. The molecule has 2 heterocycles. The number of thiazole rings is 1. The quantitative estimate of drug-likeness (QED) is 0.466. The fourth-order valence-corrected chi connectivity index (χ4v) is 5.35. The van der Waals surface area contributed by atoms with Gasteiger partial charge in [-0.3, -0.25) is 9.36 Å². The molecule has 3 aromatic rings. The average Bonchev–Trinajstić information content (AvgIpc) is 3.14. The van der Waals surface area contributed by atoms with Crippen LogP contribution in [0.5, 0.6) is 17.2 Å². The molecular formula is C25H23BrN2O6S. The number of fused-ring (bicyclic) bond motifs is 1. The number of phenolic OH excluding ortho intramolecular Hbond substituents is 1. The molecule has 182 valence electrons. The number of carbonyl (C=O) groups is 1. The number of halogens is 1. The first-order chi connectivity index (χ1) is 16.8. The summed E-state index contributed by atoms with van der Waals surface area (Å²) in [4.78, 5) is 31.8. The van der Waals surface area contributed by atoms with Crippen LogP contribution in [-0.2, 0) is 9.53 Å². The van der Waals surface area contributed by atoms with Crippen LogP contribution < -0.4 is 24.4 Å². The van der Waals surface area contributed by atoms with Crippen LogP contribution in [0.15, 0.2) is 61.9 Å². The van der Waals surface area contributed by atoms with Gasteiger partial charge in [0.1, 0.15) is 23.3 Å². The number of hydrogen-bond donors (Lipinski definition) is 1. The zero-order valence-electron chi connectivity index (χ0n) is 19.5. The van der Waals surface area contributed by atoms with E-state index >= 15 is 0 Å². The van der Waals surface area contributed by atoms with E-state index in [1.54, 1.807) is 63.4 Å². The summed E-state index contributed by atoms with van der Waals surface area (Å²) in [6.45, 7) is 3.62. The average molecular weight is 559 g/mol. The maximum atomic E-state index is 13.7. The van der Waals surface area contributed by atoms with Crippen LogP contribution in [0.1, 0.15) is 31.0 Å². The van der Waals surface area contributed by atoms with Crippen LogP contribution in [-0.4, -0.2) is 36.5 Å². The van der Waals surface area contributed by atoms with Crippen LogP contribution in [0, 0.1) is 0 Å². The first kappa shape index (κ1) is 24.7. The Kier molecular flexibility index (Phi) is 7.13. The molecule has 35 heavy (non-hydrogen) atoms. The molecule has 1 aliphatic heterocycles. The normalized spacial score (nSPS) is 15.5. The zero-order chi connectivity index (χ0) is 25.3. The van der Waals surface area contributed by atoms with E-state index in [-0.39, 0.29) is 23.5 Å². The number of rotatable bonds is 6. The number of hydrogen-bond acceptors (Lipinski definition) is 8. The fourth-order valence-electron chi connectivity index (χ4n) is 3.90. The summed E-state index contributed by atoms with van der Waals surface area (Å²) < 4.78 is 18.8. The van der Waals surface area contributed by atoms with Crippen LogP contribution in [0.4, 0.5) is 0 Å². The van der Waals surface area contributed by atoms with Crippen LogP contribution in [0.25, 0.3) is 6.08 Å². The second-order valence-corrected chi connectivity index (χ2v) is 9.48. The van der Waals surface area contributed by atoms with Crippen LogP contribution in [0.2, 0.25) is 0 Å². The molecule has 1 aromatic heterocycles. The van der Waals surface area contributed by atoms with E-state index in [1.165, 1.54) is 23.0 Å². The summed E-state index contributed by atoms with van der Waals surface area (Å²) >= 11 is 4.51. The van der Waals surface area contributed by atoms with Crippen molar-refractivity contribution in [2.24, 2.45) is 4.99 Å². The number of ether oxygens (including phenoxy) is 3. The highest BCUT2D eigenvalue weighted by atomic mass is 79.9. The Morgan fingerprint density at radius 2 is 2.00 bits per heavy atom. The van der Waals surface area contributed by atoms with Crippen LogP contribution >= 0.6 is 27.3 Å². The highest BCUT2D eigenvalue weighted by Gasteiger charge is 2.35. The number of phenols is 1. The van der Waals surface area contributed by atoms with E-state index in [2.05, 4.69) is 20.9 Å². The Bertz CT molecular complexity index is 1520. The lowest BCUT2D eigenvalue weighted by Crippen LogP contribution is -2.40. The summed E-state index contributed by atoms with van der Waals surface area (Å²) in [5, 5.41) is 9.79. The number of carbonyl (C=O) groups excluding carboxylic acids is 1. The zero-order valence-corrected chi connectivity index (χ0v) is 21.9. The van der Waals surface area contributed by atoms with Crippen molar-refractivity contribution in [1.82, 2.24) is 4.57 Å². The van der Waals surface area contributed by atoms with Crippen molar-refractivity contribution in [2.45, 2.75) is 19.9 Å². The van der Waals surface area contributed by atoms with Crippen molar-refractivity contribution in [3.8, 4) is 17.2 Å². The number of methoxy groups -OCH3 is 2. The number of aromatic hydroxyl groups is 1. The molecule has 0 saturated heterocycles. The lowest BCUT2D eigenvalue weighted by atomic mass is 9.94. The van der Waals surface area contributed by atoms with Gasteiger partial charge in [-0.05, 0) is 71.7 Å². The van der Waals surface area contributed by atoms with E-state index < -0.39 is 12.0 Å². The van der Waals surface area contributed by atoms with Gasteiger partial charge in [-0.25, -0.2) is 9.79 Å². The lowest BCUT2D eigenvalue weighted by molar-refractivity contribution is -0.139. The largest absolute Gasteiger partial charge is 0.507 e. The second kappa shape index (κ2) is 10.1. The van der Waals surface area contributed by atoms with Crippen molar-refractivity contribution in [3.05, 3.63) is 83.0 Å². The van der Waals surface area contributed by atoms with E-state index in [9.17, 15) is 14.7 Å². The SMILES string of the molecule is CCOC(=O)C1=C(C)N=c2s/c(=C\c3ccc(O)c(Br)c3)c(=O)n2C1c1cc(OC)ccc1OC. The van der Waals surface area contributed by atoms with Crippen molar-refractivity contribution in [3.63, 3.8) is 0 Å². The smallest absolute Gasteiger partial charge is 0.338 e. The summed E-state index contributed by atoms with van der Waals surface area (Å²) in [6.07, 6.45) is 1.72. The van der Waals surface area contributed by atoms with E-state index in [4.69, 9.17) is 14.2 Å². The van der Waals surface area contributed by atoms with E-state index in [0.717, 1.165) is 5.56 Å². The molecule has 0 saturated carbocycles. The van der Waals surface area contributed by atoms with Gasteiger partial charge in [-0.2, -0.15) is 0 Å². The minimum atomic E-state index is -0.830. The summed E-state index contributed by atoms with van der Waals surface area (Å²) in [6, 6.07) is 9.35. The number of esters is 1. The molecule has 10 heteroatoms. The van der Waals surface area contributed by atoms with Gasteiger partial charge in [-0.1, -0.05) is 17.4 Å². The summed E-state index contributed by atoms with van der Waals surface area (Å²) in [5.41, 5.74) is 1.69. The Balaban J connectivity index is 2.01. The predicted molar refractivity (Wildman–Crippen MR) is 136 cm³/mol. The van der Waals surface area contributed by atoms with Gasteiger partial charge in [0.25, 0.3) is 5.56 Å². The highest BCUT2D eigenvalue weighted by Crippen LogP contribution is 2.37. The monoisotopic (exact) mass is 558 g/mol. The molecule has 0 bridgehead atoms. The number of nitrogens with zero attached hydrogens (tertiary/aromatic N) is 2. The second-order valence-electron chi connectivity index (χ2n) is 7.62. The van der Waals surface area contributed by atoms with E-state index in [0.29, 0.717) is 36.6 Å². The number of benzene rings is 2. The predicted octanol–water partition coefficient (Wildman–Crippen LogP) is 3.28. The third kappa shape index (κ3) is 4.63. The molecule has 0 spiro atoms. The first-order valence-electron chi connectivity index (χ1n) is 10.7. The van der Waals surface area contributed by atoms with Gasteiger partial charge in [0.15, 0.2) is 4.80 Å². The van der Waals surface area contributed by atoms with Crippen molar-refractivity contribution in [2.75, 3.05) is 20.8 Å². The molecule has 2 aromatic carbocycles. The Hall–Kier alpha value is -3.37. The van der Waals surface area contributed by atoms with Crippen molar-refractivity contribution in [1.29, 1.82) is 0 Å². The molecule has 0 fully saturated rings. The third-order valence-corrected chi connectivity index (χ3v) is 7.14. The summed E-state index contributed by atoms with van der Waals surface area (Å²) in [5.74, 6) is 0.586. The molecule has 4 rings (SSSR count). The van der Waals surface area contributed by atoms with Crippen molar-refractivity contribution < 1.29 is 24.1 Å². The fraction of sp³-hybridized carbons (Fsp3) is 0.240. The van der Waals surface area contributed by atoms with Gasteiger partial charge in [0, 0.05) is 5.56 Å². The molecule has 1 atom stereocenters. The van der Waals surface area contributed by atoms with Gasteiger partial charge < -0.3 is 19.3 Å². The molecule has 8 nitrogen and oxygen atoms in total. The third-order valence-electron chi connectivity index (χ3n) is 5.52. The van der Waals surface area contributed by atoms with E-state index in [1.807, 2.05) is 0 Å². The molecule has 0 radical (unpaired) electrons. The van der Waals surface area contributed by atoms with Gasteiger partial charge in [-0.15, -0.1) is 0 Å². The Morgan fingerprint density at radius 1 is 1.23 bits per heavy atom. The number of aromatic nitrogens is 1. The molecule has 1 N–H and O–H groups in total. The minimum Gasteiger partial charge on any atom is -0.507 e. The molecular weight excluding hydrogens is 536 g/mol. The minimum absolute atomic E-state index is 0.100. The van der Waals surface area contributed by atoms with Crippen LogP contribution in [0.3, 0.4) is 0 Å². The maximum Gasteiger partial charge on any atom is 0.338 e. The number of allylic oxidation sites excluding steroid dienone is 1. The maximum absolute atomic E-state index is 13.7. The van der Waals surface area contributed by atoms with Gasteiger partial charge in [0.2, 0.25) is 0 Å². The molecule has 1 unspecified atom stereocenters. The van der Waals surface area contributed by atoms with Gasteiger partial charge >= 0.3 is 5.97 Å². The Morgan fingerprint density at radius 3 is 2.66 bits per heavy atom. The lowest BCUT2D eigenvalue weighted by Gasteiger charge is -2.26. The highest BCUT2D eigenvalue weighted by molar-refractivity contribution is 9.10.